The minimum absolute atomic E-state index is 0.0452. The predicted octanol–water partition coefficient (Wildman–Crippen LogP) is 6.61. The van der Waals surface area contributed by atoms with E-state index in [9.17, 15) is 14.7 Å². The number of aliphatic hydroxyl groups excluding tert-OH is 1. The molecular weight excluding hydrogens is 484 g/mol. The summed E-state index contributed by atoms with van der Waals surface area (Å²) in [6.07, 6.45) is 0. The first-order chi connectivity index (χ1) is 17.9. The summed E-state index contributed by atoms with van der Waals surface area (Å²) in [7, 11) is 0. The van der Waals surface area contributed by atoms with Crippen LogP contribution in [0.2, 0.25) is 0 Å². The number of ether oxygens (including phenoxy) is 1. The van der Waals surface area contributed by atoms with Crippen LogP contribution in [0.25, 0.3) is 10.6 Å². The van der Waals surface area contributed by atoms with Gasteiger partial charge in [0.1, 0.15) is 10.8 Å². The lowest BCUT2D eigenvalue weighted by atomic mass is 9.94. The zero-order valence-corrected chi connectivity index (χ0v) is 21.6. The number of Topliss-reactive ketones (excluding diaryl/α,β-unsaturated/α-hetero) is 1. The van der Waals surface area contributed by atoms with Crippen molar-refractivity contribution in [1.82, 2.24) is 4.98 Å². The maximum absolute atomic E-state index is 14.0. The second kappa shape index (κ2) is 10.0. The Hall–Kier alpha value is -4.23. The molecule has 1 aromatic heterocycles. The number of amides is 1. The Labute approximate surface area is 219 Å². The minimum Gasteiger partial charge on any atom is -0.503 e. The van der Waals surface area contributed by atoms with E-state index < -0.39 is 23.5 Å². The minimum atomic E-state index is -0.807. The first-order valence-electron chi connectivity index (χ1n) is 12.0. The topological polar surface area (TPSA) is 79.7 Å². The van der Waals surface area contributed by atoms with E-state index in [2.05, 4.69) is 4.98 Å². The van der Waals surface area contributed by atoms with E-state index in [1.807, 2.05) is 68.4 Å². The van der Waals surface area contributed by atoms with Gasteiger partial charge >= 0.3 is 0 Å². The second-order valence-electron chi connectivity index (χ2n) is 8.81. The molecule has 3 aromatic carbocycles. The highest BCUT2D eigenvalue weighted by atomic mass is 32.1. The van der Waals surface area contributed by atoms with Gasteiger partial charge in [-0.05, 0) is 38.5 Å². The summed E-state index contributed by atoms with van der Waals surface area (Å²) < 4.78 is 5.64. The summed E-state index contributed by atoms with van der Waals surface area (Å²) in [5.41, 5.74) is 3.74. The number of aliphatic hydroxyl groups is 1. The fourth-order valence-electron chi connectivity index (χ4n) is 4.58. The van der Waals surface area contributed by atoms with Gasteiger partial charge in [-0.1, -0.05) is 66.2 Å². The van der Waals surface area contributed by atoms with Crippen molar-refractivity contribution in [2.45, 2.75) is 26.8 Å². The fraction of sp³-hybridized carbons (Fsp3) is 0.167. The van der Waals surface area contributed by atoms with Gasteiger partial charge in [0.2, 0.25) is 5.78 Å². The Balaban J connectivity index is 1.63. The lowest BCUT2D eigenvalue weighted by molar-refractivity contribution is -0.117. The predicted molar refractivity (Wildman–Crippen MR) is 145 cm³/mol. The molecule has 2 heterocycles. The van der Waals surface area contributed by atoms with Crippen molar-refractivity contribution in [3.8, 4) is 16.3 Å². The molecule has 0 saturated carbocycles. The molecule has 1 unspecified atom stereocenters. The summed E-state index contributed by atoms with van der Waals surface area (Å²) in [4.78, 5) is 34.0. The first kappa shape index (κ1) is 24.5. The van der Waals surface area contributed by atoms with Crippen LogP contribution in [0.15, 0.2) is 90.2 Å². The number of aromatic nitrogens is 1. The second-order valence-corrected chi connectivity index (χ2v) is 9.81. The molecule has 4 aromatic rings. The molecule has 0 aliphatic carbocycles. The lowest BCUT2D eigenvalue weighted by Crippen LogP contribution is -2.31. The van der Waals surface area contributed by atoms with Crippen LogP contribution >= 0.6 is 11.3 Å². The molecule has 5 rings (SSSR count). The van der Waals surface area contributed by atoms with Crippen molar-refractivity contribution in [3.63, 3.8) is 0 Å². The maximum atomic E-state index is 14.0. The normalized spacial score (nSPS) is 15.4. The third kappa shape index (κ3) is 4.54. The van der Waals surface area contributed by atoms with Gasteiger partial charge in [-0.3, -0.25) is 14.5 Å². The van der Waals surface area contributed by atoms with Crippen LogP contribution in [0.4, 0.5) is 5.69 Å². The number of thiazole rings is 1. The summed E-state index contributed by atoms with van der Waals surface area (Å²) in [5.74, 6) is -0.986. The Kier molecular flexibility index (Phi) is 6.63. The smallest absolute Gasteiger partial charge is 0.294 e. The summed E-state index contributed by atoms with van der Waals surface area (Å²) in [6, 6.07) is 23.6. The van der Waals surface area contributed by atoms with Gasteiger partial charge in [-0.2, -0.15) is 0 Å². The molecule has 1 aliphatic rings. The average molecular weight is 511 g/mol. The van der Waals surface area contributed by atoms with Gasteiger partial charge in [0.25, 0.3) is 5.91 Å². The van der Waals surface area contributed by atoms with Crippen molar-refractivity contribution >= 4 is 28.7 Å². The van der Waals surface area contributed by atoms with Gasteiger partial charge in [-0.15, -0.1) is 11.3 Å². The zero-order chi connectivity index (χ0) is 26.1. The van der Waals surface area contributed by atoms with Gasteiger partial charge in [0, 0.05) is 17.3 Å². The third-order valence-corrected chi connectivity index (χ3v) is 7.45. The Morgan fingerprint density at radius 1 is 1.03 bits per heavy atom. The van der Waals surface area contributed by atoms with E-state index >= 15 is 0 Å². The van der Waals surface area contributed by atoms with Gasteiger partial charge in [-0.25, -0.2) is 4.98 Å². The van der Waals surface area contributed by atoms with Crippen LogP contribution in [-0.2, 0) is 4.79 Å². The highest BCUT2D eigenvalue weighted by Gasteiger charge is 2.45. The van der Waals surface area contributed by atoms with Crippen LogP contribution in [0.3, 0.4) is 0 Å². The molecular formula is C30H26N2O4S. The van der Waals surface area contributed by atoms with Crippen molar-refractivity contribution < 1.29 is 19.4 Å². The molecule has 7 heteroatoms. The molecule has 0 radical (unpaired) electrons. The quantitative estimate of drug-likeness (QED) is 0.283. The number of benzene rings is 3. The van der Waals surface area contributed by atoms with E-state index in [0.717, 1.165) is 16.7 Å². The number of rotatable bonds is 7. The number of carbonyl (C=O) groups is 2. The highest BCUT2D eigenvalue weighted by molar-refractivity contribution is 7.17. The molecule has 1 aliphatic heterocycles. The van der Waals surface area contributed by atoms with Crippen LogP contribution in [0, 0.1) is 13.8 Å². The Morgan fingerprint density at radius 3 is 2.51 bits per heavy atom. The Bertz CT molecular complexity index is 1520. The Morgan fingerprint density at radius 2 is 1.78 bits per heavy atom. The molecule has 1 amide bonds. The largest absolute Gasteiger partial charge is 0.503 e. The number of hydrogen-bond donors (Lipinski definition) is 1. The average Bonchev–Trinajstić information content (AvgIpc) is 3.42. The number of carbonyl (C=O) groups excluding carboxylic acids is 2. The monoisotopic (exact) mass is 510 g/mol. The third-order valence-electron chi connectivity index (χ3n) is 6.24. The number of nitrogens with zero attached hydrogens (tertiary/aromatic N) is 2. The van der Waals surface area contributed by atoms with Crippen molar-refractivity contribution in [2.75, 3.05) is 11.5 Å². The summed E-state index contributed by atoms with van der Waals surface area (Å²) in [6.45, 7) is 6.08. The van der Waals surface area contributed by atoms with E-state index in [-0.39, 0.29) is 5.57 Å². The molecule has 6 nitrogen and oxygen atoms in total. The molecule has 0 saturated heterocycles. The highest BCUT2D eigenvalue weighted by Crippen LogP contribution is 2.44. The molecule has 186 valence electrons. The number of ketones is 1. The van der Waals surface area contributed by atoms with Crippen molar-refractivity contribution in [3.05, 3.63) is 112 Å². The molecule has 1 atom stereocenters. The molecule has 1 N–H and O–H groups in total. The molecule has 37 heavy (non-hydrogen) atoms. The SMILES string of the molecule is CCOc1cccc(N2C(=O)C(O)=C(C(=O)c3sc(-c4ccccc4)nc3C)C2c2cccc(C)c2)c1. The van der Waals surface area contributed by atoms with Crippen molar-refractivity contribution in [1.29, 1.82) is 0 Å². The molecule has 0 spiro atoms. The summed E-state index contributed by atoms with van der Waals surface area (Å²) in [5, 5.41) is 11.8. The summed E-state index contributed by atoms with van der Waals surface area (Å²) >= 11 is 1.26. The van der Waals surface area contributed by atoms with E-state index in [0.29, 0.717) is 33.6 Å². The zero-order valence-electron chi connectivity index (χ0n) is 20.8. The van der Waals surface area contributed by atoms with Crippen LogP contribution in [0.5, 0.6) is 5.75 Å². The molecule has 0 fully saturated rings. The molecule has 0 bridgehead atoms. The van der Waals surface area contributed by atoms with Crippen molar-refractivity contribution in [2.24, 2.45) is 0 Å². The number of anilines is 1. The van der Waals surface area contributed by atoms with Crippen LogP contribution < -0.4 is 9.64 Å². The fourth-order valence-corrected chi connectivity index (χ4v) is 5.61. The van der Waals surface area contributed by atoms with Gasteiger partial charge in [0.15, 0.2) is 5.76 Å². The van der Waals surface area contributed by atoms with E-state index in [1.165, 1.54) is 16.2 Å². The standard InChI is InChI=1S/C30H26N2O4S/c1-4-36-23-15-9-14-22(17-23)32-25(21-13-8-10-18(2)16-21)24(27(34)30(32)35)26(33)28-19(3)31-29(37-28)20-11-6-5-7-12-20/h5-17,25,34H,4H2,1-3H3. The van der Waals surface area contributed by atoms with Crippen LogP contribution in [0.1, 0.15) is 39.5 Å². The van der Waals surface area contributed by atoms with Gasteiger partial charge in [0.05, 0.1) is 28.8 Å². The number of hydrogen-bond acceptors (Lipinski definition) is 6. The van der Waals surface area contributed by atoms with Crippen LogP contribution in [-0.4, -0.2) is 28.4 Å². The first-order valence-corrected chi connectivity index (χ1v) is 12.8. The number of aryl methyl sites for hydroxylation is 2. The lowest BCUT2D eigenvalue weighted by Gasteiger charge is -2.27. The van der Waals surface area contributed by atoms with Gasteiger partial charge < -0.3 is 9.84 Å². The van der Waals surface area contributed by atoms with E-state index in [1.54, 1.807) is 31.2 Å². The maximum Gasteiger partial charge on any atom is 0.294 e. The van der Waals surface area contributed by atoms with E-state index in [4.69, 9.17) is 4.74 Å².